The normalized spacial score (nSPS) is 28.9. The molecule has 0 aliphatic carbocycles. The zero-order valence-corrected chi connectivity index (χ0v) is 35.5. The smallest absolute Gasteiger partial charge is 0.261 e. The lowest BCUT2D eigenvalue weighted by molar-refractivity contribution is -0.375. The lowest BCUT2D eigenvalue weighted by Crippen LogP contribution is -2.69. The molecule has 2 heterocycles. The molecule has 2 aliphatic heterocycles. The van der Waals surface area contributed by atoms with Crippen LogP contribution in [-0.4, -0.2) is 122 Å². The molecule has 0 saturated carbocycles. The Hall–Kier alpha value is -3.13. The molecular weight excluding hydrogens is 761 g/mol. The van der Waals surface area contributed by atoms with E-state index in [9.17, 15) is 30.6 Å². The standard InChI is InChI=1S/C44H58O11Si2/c1-43(2,3)56(29-19-11-7-12-20-29,30-21-13-8-14-22-30)51-27-33-35(45)37(47)39(49)41(53-33)55-42-40(50)38(48)36(46)34(54-42)28-52-57(44(4,5)6,31-23-15-9-16-24-31)32-25-17-10-18-26-32/h7-26,33-42,45-50H,27-28H2,1-6H3/t33-,34-,35-,36-,37+,38+,39-,40-,41-,42-/m1/s1. The van der Waals surface area contributed by atoms with E-state index in [4.69, 9.17) is 23.1 Å². The van der Waals surface area contributed by atoms with Gasteiger partial charge in [0.25, 0.3) is 16.6 Å². The van der Waals surface area contributed by atoms with E-state index in [1.807, 2.05) is 121 Å². The highest BCUT2D eigenvalue weighted by atomic mass is 28.4. The lowest BCUT2D eigenvalue weighted by atomic mass is 9.98. The predicted molar refractivity (Wildman–Crippen MR) is 222 cm³/mol. The summed E-state index contributed by atoms with van der Waals surface area (Å²) in [5.74, 6) is 0. The second-order valence-corrected chi connectivity index (χ2v) is 25.7. The summed E-state index contributed by atoms with van der Waals surface area (Å²) in [6.07, 6.45) is -15.7. The van der Waals surface area contributed by atoms with Gasteiger partial charge >= 0.3 is 0 Å². The SMILES string of the molecule is CC(C)(C)[Si](OC[C@H]1O[C@H](O[C@H]2O[C@H](CO[Si](c3ccccc3)(c3ccccc3)C(C)(C)C)[C@@H](O)[C@H](O)[C@H]2O)[C@H](O)[C@@H](O)[C@@H]1O)(c1ccccc1)c1ccccc1. The second kappa shape index (κ2) is 17.6. The molecule has 6 rings (SSSR count). The van der Waals surface area contributed by atoms with Gasteiger partial charge in [-0.05, 0) is 30.8 Å². The zero-order chi connectivity index (χ0) is 41.2. The van der Waals surface area contributed by atoms with Crippen LogP contribution in [0, 0.1) is 0 Å². The number of aliphatic hydroxyl groups excluding tert-OH is 6. The number of benzene rings is 4. The summed E-state index contributed by atoms with van der Waals surface area (Å²) >= 11 is 0. The Morgan fingerprint density at radius 3 is 0.930 bits per heavy atom. The van der Waals surface area contributed by atoms with E-state index in [0.717, 1.165) is 20.7 Å². The minimum absolute atomic E-state index is 0.178. The van der Waals surface area contributed by atoms with Gasteiger partial charge in [0.1, 0.15) is 48.8 Å². The van der Waals surface area contributed by atoms with E-state index in [-0.39, 0.29) is 13.2 Å². The van der Waals surface area contributed by atoms with Crippen LogP contribution in [0.5, 0.6) is 0 Å². The fraction of sp³-hybridized carbons (Fsp3) is 0.455. The van der Waals surface area contributed by atoms with Gasteiger partial charge in [0.15, 0.2) is 12.6 Å². The monoisotopic (exact) mass is 818 g/mol. The van der Waals surface area contributed by atoms with Gasteiger partial charge < -0.3 is 53.7 Å². The third kappa shape index (κ3) is 8.50. The third-order valence-corrected chi connectivity index (χ3v) is 21.4. The van der Waals surface area contributed by atoms with Crippen molar-refractivity contribution in [1.82, 2.24) is 0 Å². The van der Waals surface area contributed by atoms with E-state index in [1.54, 1.807) is 0 Å². The van der Waals surface area contributed by atoms with Gasteiger partial charge in [-0.2, -0.15) is 0 Å². The van der Waals surface area contributed by atoms with Gasteiger partial charge in [-0.25, -0.2) is 0 Å². The number of rotatable bonds is 12. The van der Waals surface area contributed by atoms with Crippen molar-refractivity contribution in [3.63, 3.8) is 0 Å². The summed E-state index contributed by atoms with van der Waals surface area (Å²) in [6, 6.07) is 39.7. The maximum atomic E-state index is 11.2. The molecule has 0 aromatic heterocycles. The first-order valence-corrected chi connectivity index (χ1v) is 23.4. The highest BCUT2D eigenvalue weighted by Crippen LogP contribution is 2.39. The van der Waals surface area contributed by atoms with Crippen molar-refractivity contribution in [3.05, 3.63) is 121 Å². The van der Waals surface area contributed by atoms with E-state index < -0.39 is 88.1 Å². The molecule has 4 aromatic rings. The van der Waals surface area contributed by atoms with Gasteiger partial charge in [-0.1, -0.05) is 163 Å². The molecule has 2 fully saturated rings. The molecule has 6 N–H and O–H groups in total. The second-order valence-electron chi connectivity index (χ2n) is 17.1. The van der Waals surface area contributed by atoms with E-state index in [2.05, 4.69) is 41.5 Å². The van der Waals surface area contributed by atoms with Crippen LogP contribution in [0.1, 0.15) is 41.5 Å². The number of aliphatic hydroxyl groups is 6. The Morgan fingerprint density at radius 1 is 0.421 bits per heavy atom. The third-order valence-electron chi connectivity index (χ3n) is 11.4. The van der Waals surface area contributed by atoms with Crippen molar-refractivity contribution in [2.45, 2.75) is 113 Å². The molecule has 2 saturated heterocycles. The average molecular weight is 819 g/mol. The predicted octanol–water partition coefficient (Wildman–Crippen LogP) is 1.77. The lowest BCUT2D eigenvalue weighted by Gasteiger charge is -2.47. The van der Waals surface area contributed by atoms with Crippen LogP contribution in [0.25, 0.3) is 0 Å². The van der Waals surface area contributed by atoms with Crippen LogP contribution in [0.2, 0.25) is 10.1 Å². The molecule has 10 atom stereocenters. The molecule has 0 unspecified atom stereocenters. The summed E-state index contributed by atoms with van der Waals surface area (Å²) in [5, 5.41) is 70.1. The quantitative estimate of drug-likeness (QED) is 0.115. The van der Waals surface area contributed by atoms with Crippen molar-refractivity contribution in [2.24, 2.45) is 0 Å². The Morgan fingerprint density at radius 2 is 0.684 bits per heavy atom. The molecule has 2 aliphatic rings. The Kier molecular flexibility index (Phi) is 13.4. The molecule has 0 bridgehead atoms. The molecule has 4 aromatic carbocycles. The molecule has 13 heteroatoms. The molecule has 0 spiro atoms. The minimum Gasteiger partial charge on any atom is -0.405 e. The van der Waals surface area contributed by atoms with Crippen LogP contribution in [0.3, 0.4) is 0 Å². The van der Waals surface area contributed by atoms with E-state index in [1.165, 1.54) is 0 Å². The zero-order valence-electron chi connectivity index (χ0n) is 33.5. The van der Waals surface area contributed by atoms with Gasteiger partial charge in [0, 0.05) is 0 Å². The minimum atomic E-state index is -3.10. The Labute approximate surface area is 337 Å². The average Bonchev–Trinajstić information content (AvgIpc) is 3.20. The number of ether oxygens (including phenoxy) is 3. The number of hydrogen-bond acceptors (Lipinski definition) is 11. The van der Waals surface area contributed by atoms with Crippen LogP contribution in [-0.2, 0) is 23.1 Å². The maximum Gasteiger partial charge on any atom is 0.261 e. The highest BCUT2D eigenvalue weighted by Gasteiger charge is 2.55. The highest BCUT2D eigenvalue weighted by molar-refractivity contribution is 7.00. The Bertz CT molecular complexity index is 1630. The van der Waals surface area contributed by atoms with Gasteiger partial charge in [0.2, 0.25) is 0 Å². The summed E-state index contributed by atoms with van der Waals surface area (Å²) in [5.41, 5.74) is 0. The molecule has 0 amide bonds. The molecule has 11 nitrogen and oxygen atoms in total. The summed E-state index contributed by atoms with van der Waals surface area (Å²) in [7, 11) is -6.21. The topological polar surface area (TPSA) is 168 Å². The van der Waals surface area contributed by atoms with Gasteiger partial charge in [0.05, 0.1) is 13.2 Å². The molecule has 308 valence electrons. The fourth-order valence-corrected chi connectivity index (χ4v) is 17.5. The van der Waals surface area contributed by atoms with Crippen LogP contribution < -0.4 is 20.7 Å². The van der Waals surface area contributed by atoms with Crippen molar-refractivity contribution < 1.29 is 53.7 Å². The van der Waals surface area contributed by atoms with Crippen molar-refractivity contribution in [2.75, 3.05) is 13.2 Å². The number of hydrogen-bond donors (Lipinski definition) is 6. The van der Waals surface area contributed by atoms with E-state index >= 15 is 0 Å². The van der Waals surface area contributed by atoms with Crippen molar-refractivity contribution in [1.29, 1.82) is 0 Å². The molecule has 0 radical (unpaired) electrons. The summed E-state index contributed by atoms with van der Waals surface area (Å²) in [4.78, 5) is 0. The van der Waals surface area contributed by atoms with Gasteiger partial charge in [-0.15, -0.1) is 0 Å². The van der Waals surface area contributed by atoms with Crippen LogP contribution in [0.15, 0.2) is 121 Å². The summed E-state index contributed by atoms with van der Waals surface area (Å²) < 4.78 is 32.2. The maximum absolute atomic E-state index is 11.2. The molecular formula is C44H58O11Si2. The van der Waals surface area contributed by atoms with E-state index in [0.29, 0.717) is 0 Å². The first-order chi connectivity index (χ1) is 27.0. The van der Waals surface area contributed by atoms with Crippen LogP contribution in [0.4, 0.5) is 0 Å². The first kappa shape index (κ1) is 43.5. The molecule has 57 heavy (non-hydrogen) atoms. The largest absolute Gasteiger partial charge is 0.405 e. The van der Waals surface area contributed by atoms with Crippen molar-refractivity contribution in [3.8, 4) is 0 Å². The van der Waals surface area contributed by atoms with Crippen molar-refractivity contribution >= 4 is 37.4 Å². The Balaban J connectivity index is 1.24. The van der Waals surface area contributed by atoms with Crippen LogP contribution >= 0.6 is 0 Å². The summed E-state index contributed by atoms with van der Waals surface area (Å²) in [6.45, 7) is 12.3. The fourth-order valence-electron chi connectivity index (χ4n) is 8.40. The first-order valence-electron chi connectivity index (χ1n) is 19.6. The van der Waals surface area contributed by atoms with Gasteiger partial charge in [-0.3, -0.25) is 0 Å².